The summed E-state index contributed by atoms with van der Waals surface area (Å²) in [5.41, 5.74) is 1.48. The Labute approximate surface area is 189 Å². The number of nitrogens with zero attached hydrogens (tertiary/aromatic N) is 2. The number of carbonyl (C=O) groups excluding carboxylic acids is 1. The highest BCUT2D eigenvalue weighted by atomic mass is 35.5. The van der Waals surface area contributed by atoms with E-state index < -0.39 is 22.0 Å². The Hall–Kier alpha value is -2.75. The molecule has 0 aliphatic carbocycles. The van der Waals surface area contributed by atoms with Crippen LogP contribution in [0.25, 0.3) is 4.72 Å². The van der Waals surface area contributed by atoms with Gasteiger partial charge >= 0.3 is 0 Å². The molecular weight excluding hydrogens is 465 g/mol. The van der Waals surface area contributed by atoms with Crippen LogP contribution in [0.5, 0.6) is 5.75 Å². The Kier molecular flexibility index (Phi) is 6.78. The summed E-state index contributed by atoms with van der Waals surface area (Å²) >= 11 is 11.9. The van der Waals surface area contributed by atoms with E-state index in [1.54, 1.807) is 32.9 Å². The van der Waals surface area contributed by atoms with Crippen molar-refractivity contribution in [2.75, 3.05) is 5.32 Å². The minimum Gasteiger partial charge on any atom is -0.539 e. The van der Waals surface area contributed by atoms with E-state index in [0.29, 0.717) is 27.7 Å². The van der Waals surface area contributed by atoms with E-state index in [1.807, 2.05) is 0 Å². The van der Waals surface area contributed by atoms with Crippen LogP contribution in [0.15, 0.2) is 51.9 Å². The molecule has 31 heavy (non-hydrogen) atoms. The lowest BCUT2D eigenvalue weighted by Crippen LogP contribution is -2.30. The molecular formula is C20H18Cl2N3O5S-. The quantitative estimate of drug-likeness (QED) is 0.482. The smallest absolute Gasteiger partial charge is 0.265 e. The van der Waals surface area contributed by atoms with Gasteiger partial charge in [0.25, 0.3) is 5.91 Å². The van der Waals surface area contributed by atoms with E-state index in [0.717, 1.165) is 0 Å². The Morgan fingerprint density at radius 1 is 1.16 bits per heavy atom. The standard InChI is InChI=1S/C20H19Cl2N3O5S/c1-11-12(2)24-30-20(11)25-31(27,28)16-7-5-15(6-8-16)23-19(26)13(3)29-18-9-4-14(21)10-17(18)22/h4-10,13H,1-3H3,(H2,23,24,25,26)/p-1. The SMILES string of the molecule is Cc1noc([N-]S(=O)(=O)c2ccc(NC(=O)C(C)Oc3ccc(Cl)cc3Cl)cc2)c1C. The summed E-state index contributed by atoms with van der Waals surface area (Å²) in [5, 5.41) is 7.07. The van der Waals surface area contributed by atoms with Crippen molar-refractivity contribution in [1.29, 1.82) is 0 Å². The van der Waals surface area contributed by atoms with E-state index in [9.17, 15) is 13.2 Å². The van der Waals surface area contributed by atoms with Gasteiger partial charge in [0.05, 0.1) is 21.5 Å². The number of anilines is 1. The number of hydrogen-bond acceptors (Lipinski definition) is 6. The van der Waals surface area contributed by atoms with E-state index in [4.69, 9.17) is 32.5 Å². The molecule has 3 rings (SSSR count). The highest BCUT2D eigenvalue weighted by Gasteiger charge is 2.17. The molecule has 1 N–H and O–H groups in total. The van der Waals surface area contributed by atoms with E-state index >= 15 is 0 Å². The molecule has 1 heterocycles. The first-order valence-corrected chi connectivity index (χ1v) is 11.2. The first-order valence-electron chi connectivity index (χ1n) is 9.00. The van der Waals surface area contributed by atoms with Crippen LogP contribution in [0, 0.1) is 13.8 Å². The van der Waals surface area contributed by atoms with Crippen LogP contribution < -0.4 is 10.1 Å². The molecule has 3 aromatic rings. The Morgan fingerprint density at radius 2 is 1.84 bits per heavy atom. The predicted octanol–water partition coefficient (Wildman–Crippen LogP) is 5.40. The van der Waals surface area contributed by atoms with Gasteiger partial charge in [0, 0.05) is 10.7 Å². The van der Waals surface area contributed by atoms with Gasteiger partial charge in [-0.05, 0) is 68.8 Å². The number of aryl methyl sites for hydroxylation is 1. The van der Waals surface area contributed by atoms with Gasteiger partial charge in [0.2, 0.25) is 0 Å². The van der Waals surface area contributed by atoms with Crippen molar-refractivity contribution in [3.63, 3.8) is 0 Å². The zero-order chi connectivity index (χ0) is 22.8. The van der Waals surface area contributed by atoms with Crippen molar-refractivity contribution >= 4 is 50.7 Å². The summed E-state index contributed by atoms with van der Waals surface area (Å²) in [4.78, 5) is 12.3. The van der Waals surface area contributed by atoms with E-state index in [1.165, 1.54) is 30.3 Å². The van der Waals surface area contributed by atoms with Crippen LogP contribution in [-0.2, 0) is 14.8 Å². The molecule has 0 saturated heterocycles. The fourth-order valence-corrected chi connectivity index (χ4v) is 3.85. The van der Waals surface area contributed by atoms with Gasteiger partial charge in [0.1, 0.15) is 15.8 Å². The lowest BCUT2D eigenvalue weighted by molar-refractivity contribution is -0.122. The van der Waals surface area contributed by atoms with Gasteiger partial charge in [-0.15, -0.1) is 0 Å². The molecule has 8 nitrogen and oxygen atoms in total. The summed E-state index contributed by atoms with van der Waals surface area (Å²) in [6.07, 6.45) is -0.866. The summed E-state index contributed by atoms with van der Waals surface area (Å²) < 4.78 is 39.1. The second kappa shape index (κ2) is 9.17. The molecule has 1 aromatic heterocycles. The molecule has 0 aliphatic rings. The molecule has 0 spiro atoms. The van der Waals surface area contributed by atoms with Gasteiger partial charge < -0.3 is 19.3 Å². The molecule has 164 valence electrons. The largest absolute Gasteiger partial charge is 0.539 e. The van der Waals surface area contributed by atoms with Crippen LogP contribution in [0.4, 0.5) is 11.6 Å². The van der Waals surface area contributed by atoms with Gasteiger partial charge in [0.15, 0.2) is 6.10 Å². The first kappa shape index (κ1) is 22.9. The summed E-state index contributed by atoms with van der Waals surface area (Å²) in [6.45, 7) is 4.91. The van der Waals surface area contributed by atoms with Crippen molar-refractivity contribution < 1.29 is 22.5 Å². The maximum Gasteiger partial charge on any atom is 0.265 e. The van der Waals surface area contributed by atoms with Crippen molar-refractivity contribution in [3.8, 4) is 5.75 Å². The second-order valence-corrected chi connectivity index (χ2v) is 9.06. The fourth-order valence-electron chi connectivity index (χ4n) is 2.42. The molecule has 0 fully saturated rings. The topological polar surface area (TPSA) is 113 Å². The molecule has 11 heteroatoms. The van der Waals surface area contributed by atoms with Crippen LogP contribution >= 0.6 is 23.2 Å². The third-order valence-corrected chi connectivity index (χ3v) is 6.13. The minimum absolute atomic E-state index is 0.0591. The Morgan fingerprint density at radius 3 is 2.42 bits per heavy atom. The number of carbonyl (C=O) groups is 1. The normalized spacial score (nSPS) is 12.3. The highest BCUT2D eigenvalue weighted by Crippen LogP contribution is 2.32. The van der Waals surface area contributed by atoms with Gasteiger partial charge in [-0.2, -0.15) is 0 Å². The van der Waals surface area contributed by atoms with Crippen LogP contribution in [0.1, 0.15) is 18.2 Å². The lowest BCUT2D eigenvalue weighted by atomic mass is 10.3. The average molecular weight is 483 g/mol. The second-order valence-electron chi connectivity index (χ2n) is 6.61. The zero-order valence-electron chi connectivity index (χ0n) is 16.7. The molecule has 0 saturated carbocycles. The number of amides is 1. The molecule has 0 radical (unpaired) electrons. The predicted molar refractivity (Wildman–Crippen MR) is 118 cm³/mol. The fraction of sp³-hybridized carbons (Fsp3) is 0.200. The van der Waals surface area contributed by atoms with Gasteiger partial charge in [-0.1, -0.05) is 28.4 Å². The van der Waals surface area contributed by atoms with E-state index in [-0.39, 0.29) is 15.8 Å². The van der Waals surface area contributed by atoms with Crippen molar-refractivity contribution in [1.82, 2.24) is 5.16 Å². The number of halogens is 2. The van der Waals surface area contributed by atoms with Crippen molar-refractivity contribution in [3.05, 3.63) is 68.5 Å². The average Bonchev–Trinajstić information content (AvgIpc) is 3.02. The zero-order valence-corrected chi connectivity index (χ0v) is 19.0. The van der Waals surface area contributed by atoms with Gasteiger partial charge in [-0.3, -0.25) is 4.79 Å². The monoisotopic (exact) mass is 482 g/mol. The molecule has 1 amide bonds. The van der Waals surface area contributed by atoms with Crippen LogP contribution in [0.2, 0.25) is 10.0 Å². The Bertz CT molecular complexity index is 1210. The summed E-state index contributed by atoms with van der Waals surface area (Å²) in [5.74, 6) is -0.199. The van der Waals surface area contributed by atoms with Crippen molar-refractivity contribution in [2.24, 2.45) is 0 Å². The number of nitrogens with one attached hydrogen (secondary N) is 1. The lowest BCUT2D eigenvalue weighted by Gasteiger charge is -2.19. The third-order valence-electron chi connectivity index (χ3n) is 4.32. The highest BCUT2D eigenvalue weighted by molar-refractivity contribution is 7.94. The maximum atomic E-state index is 12.5. The molecule has 1 unspecified atom stereocenters. The molecule has 2 aromatic carbocycles. The number of hydrogen-bond donors (Lipinski definition) is 1. The third kappa shape index (κ3) is 5.49. The number of rotatable bonds is 7. The molecule has 1 atom stereocenters. The first-order chi connectivity index (χ1) is 14.6. The molecule has 0 aliphatic heterocycles. The number of benzene rings is 2. The van der Waals surface area contributed by atoms with Crippen molar-refractivity contribution in [2.45, 2.75) is 31.8 Å². The van der Waals surface area contributed by atoms with Gasteiger partial charge in [-0.25, -0.2) is 8.42 Å². The van der Waals surface area contributed by atoms with E-state index in [2.05, 4.69) is 15.2 Å². The number of ether oxygens (including phenoxy) is 1. The summed E-state index contributed by atoms with van der Waals surface area (Å²) in [7, 11) is -4.00. The summed E-state index contributed by atoms with van der Waals surface area (Å²) in [6, 6.07) is 10.2. The van der Waals surface area contributed by atoms with Crippen LogP contribution in [0.3, 0.4) is 0 Å². The number of aromatic nitrogens is 1. The Balaban J connectivity index is 1.65. The maximum absolute atomic E-state index is 12.5. The minimum atomic E-state index is -4.00. The number of sulfonamides is 1. The van der Waals surface area contributed by atoms with Crippen LogP contribution in [-0.4, -0.2) is 25.6 Å². The molecule has 0 bridgehead atoms.